The summed E-state index contributed by atoms with van der Waals surface area (Å²) in [5.41, 5.74) is 13.9. The van der Waals surface area contributed by atoms with Crippen LogP contribution < -0.4 is 0 Å². The van der Waals surface area contributed by atoms with E-state index in [4.69, 9.17) is 9.98 Å². The molecule has 0 bridgehead atoms. The van der Waals surface area contributed by atoms with Crippen molar-refractivity contribution in [2.75, 3.05) is 0 Å². The lowest BCUT2D eigenvalue weighted by molar-refractivity contribution is 0.869. The van der Waals surface area contributed by atoms with Crippen LogP contribution in [0.4, 0.5) is 11.4 Å². The van der Waals surface area contributed by atoms with Crippen molar-refractivity contribution < 1.29 is 0 Å². The Hall–Kier alpha value is -3.00. The highest BCUT2D eigenvalue weighted by Crippen LogP contribution is 2.38. The standard InChI is InChI=1S/C30H36N2/c1-18(2)26-12-10-11-13-27(26)28-17-20(4)16-23(7)30(28)32-25(9)24(8)31-29-21(5)14-19(3)15-22(29)6/h10-18H,1-9H3. The van der Waals surface area contributed by atoms with Gasteiger partial charge in [-0.25, -0.2) is 0 Å². The fraction of sp³-hybridized carbons (Fsp3) is 0.333. The normalized spacial score (nSPS) is 12.6. The van der Waals surface area contributed by atoms with Crippen LogP contribution in [0.2, 0.25) is 0 Å². The van der Waals surface area contributed by atoms with E-state index in [-0.39, 0.29) is 0 Å². The Balaban J connectivity index is 2.15. The van der Waals surface area contributed by atoms with Gasteiger partial charge in [0.05, 0.1) is 22.8 Å². The van der Waals surface area contributed by atoms with Crippen LogP contribution in [0.25, 0.3) is 11.1 Å². The molecule has 0 atom stereocenters. The number of aryl methyl sites for hydroxylation is 5. The molecule has 0 amide bonds. The zero-order valence-electron chi connectivity index (χ0n) is 21.1. The van der Waals surface area contributed by atoms with Crippen molar-refractivity contribution in [3.63, 3.8) is 0 Å². The SMILES string of the molecule is CC(=Nc1c(C)cc(C)cc1C)C(C)=Nc1c(C)cc(C)cc1-c1ccccc1C(C)C. The lowest BCUT2D eigenvalue weighted by Crippen LogP contribution is -2.06. The monoisotopic (exact) mass is 424 g/mol. The Kier molecular flexibility index (Phi) is 7.13. The molecule has 0 saturated heterocycles. The fourth-order valence-electron chi connectivity index (χ4n) is 4.41. The first kappa shape index (κ1) is 23.7. The first-order valence-corrected chi connectivity index (χ1v) is 11.5. The van der Waals surface area contributed by atoms with Crippen LogP contribution in [-0.2, 0) is 0 Å². The van der Waals surface area contributed by atoms with Crippen LogP contribution >= 0.6 is 0 Å². The zero-order valence-corrected chi connectivity index (χ0v) is 21.1. The van der Waals surface area contributed by atoms with E-state index in [9.17, 15) is 0 Å². The summed E-state index contributed by atoms with van der Waals surface area (Å²) in [7, 11) is 0. The van der Waals surface area contributed by atoms with Gasteiger partial charge in [-0.3, -0.25) is 9.98 Å². The molecule has 0 unspecified atom stereocenters. The highest BCUT2D eigenvalue weighted by Gasteiger charge is 2.15. The Bertz CT molecular complexity index is 1190. The van der Waals surface area contributed by atoms with E-state index in [1.54, 1.807) is 0 Å². The van der Waals surface area contributed by atoms with E-state index in [0.717, 1.165) is 22.8 Å². The lowest BCUT2D eigenvalue weighted by Gasteiger charge is -2.17. The van der Waals surface area contributed by atoms with Crippen molar-refractivity contribution in [2.24, 2.45) is 9.98 Å². The van der Waals surface area contributed by atoms with E-state index in [1.807, 2.05) is 0 Å². The Morgan fingerprint density at radius 2 is 1.09 bits per heavy atom. The Morgan fingerprint density at radius 3 is 1.66 bits per heavy atom. The highest BCUT2D eigenvalue weighted by atomic mass is 14.8. The topological polar surface area (TPSA) is 24.7 Å². The Labute approximate surface area is 194 Å². The number of aliphatic imine (C=N–C) groups is 2. The molecular weight excluding hydrogens is 388 g/mol. The molecule has 0 saturated carbocycles. The average Bonchev–Trinajstić information content (AvgIpc) is 2.72. The number of hydrogen-bond acceptors (Lipinski definition) is 2. The minimum Gasteiger partial charge on any atom is -0.251 e. The van der Waals surface area contributed by atoms with E-state index < -0.39 is 0 Å². The minimum absolute atomic E-state index is 0.445. The molecule has 0 radical (unpaired) electrons. The van der Waals surface area contributed by atoms with Crippen molar-refractivity contribution in [1.82, 2.24) is 0 Å². The van der Waals surface area contributed by atoms with Gasteiger partial charge in [-0.15, -0.1) is 0 Å². The summed E-state index contributed by atoms with van der Waals surface area (Å²) in [6.07, 6.45) is 0. The smallest absolute Gasteiger partial charge is 0.0741 e. The molecule has 0 fully saturated rings. The van der Waals surface area contributed by atoms with Gasteiger partial charge in [0.25, 0.3) is 0 Å². The van der Waals surface area contributed by atoms with Gasteiger partial charge < -0.3 is 0 Å². The molecule has 2 nitrogen and oxygen atoms in total. The highest BCUT2D eigenvalue weighted by molar-refractivity contribution is 6.41. The molecule has 0 aliphatic carbocycles. The number of benzene rings is 3. The van der Waals surface area contributed by atoms with Gasteiger partial charge in [-0.2, -0.15) is 0 Å². The third-order valence-electron chi connectivity index (χ3n) is 6.04. The van der Waals surface area contributed by atoms with Crippen LogP contribution in [0, 0.1) is 34.6 Å². The summed E-state index contributed by atoms with van der Waals surface area (Å²) in [5, 5.41) is 0. The predicted octanol–water partition coefficient (Wildman–Crippen LogP) is 8.90. The molecule has 0 N–H and O–H groups in total. The van der Waals surface area contributed by atoms with Crippen molar-refractivity contribution in [1.29, 1.82) is 0 Å². The molecule has 0 aromatic heterocycles. The molecule has 3 aromatic carbocycles. The van der Waals surface area contributed by atoms with Crippen LogP contribution in [0.1, 0.15) is 67.0 Å². The van der Waals surface area contributed by atoms with Gasteiger partial charge >= 0.3 is 0 Å². The minimum atomic E-state index is 0.445. The quantitative estimate of drug-likeness (QED) is 0.365. The summed E-state index contributed by atoms with van der Waals surface area (Å²) in [6, 6.07) is 17.6. The fourth-order valence-corrected chi connectivity index (χ4v) is 4.41. The molecule has 0 spiro atoms. The number of nitrogens with zero attached hydrogens (tertiary/aromatic N) is 2. The van der Waals surface area contributed by atoms with Crippen LogP contribution in [0.3, 0.4) is 0 Å². The molecule has 0 heterocycles. The Morgan fingerprint density at radius 1 is 0.625 bits per heavy atom. The second-order valence-corrected chi connectivity index (χ2v) is 9.36. The van der Waals surface area contributed by atoms with E-state index in [0.29, 0.717) is 5.92 Å². The molecule has 0 aliphatic heterocycles. The summed E-state index contributed by atoms with van der Waals surface area (Å²) < 4.78 is 0. The van der Waals surface area contributed by atoms with E-state index >= 15 is 0 Å². The second-order valence-electron chi connectivity index (χ2n) is 9.36. The zero-order chi connectivity index (χ0) is 23.6. The largest absolute Gasteiger partial charge is 0.251 e. The van der Waals surface area contributed by atoms with Crippen LogP contribution in [-0.4, -0.2) is 11.4 Å². The molecule has 3 rings (SSSR count). The molecular formula is C30H36N2. The summed E-state index contributed by atoms with van der Waals surface area (Å²) >= 11 is 0. The predicted molar refractivity (Wildman–Crippen MR) is 142 cm³/mol. The number of hydrogen-bond donors (Lipinski definition) is 0. The third-order valence-corrected chi connectivity index (χ3v) is 6.04. The molecule has 32 heavy (non-hydrogen) atoms. The molecule has 166 valence electrons. The van der Waals surface area contributed by atoms with Gasteiger partial charge in [0.1, 0.15) is 0 Å². The third kappa shape index (κ3) is 5.07. The van der Waals surface area contributed by atoms with Crippen molar-refractivity contribution in [3.8, 4) is 11.1 Å². The molecule has 0 aliphatic rings. The van der Waals surface area contributed by atoms with Gasteiger partial charge in [-0.1, -0.05) is 67.4 Å². The van der Waals surface area contributed by atoms with Crippen LogP contribution in [0.15, 0.2) is 58.5 Å². The summed E-state index contributed by atoms with van der Waals surface area (Å²) in [6.45, 7) is 19.3. The van der Waals surface area contributed by atoms with Gasteiger partial charge in [-0.05, 0) is 88.3 Å². The van der Waals surface area contributed by atoms with Gasteiger partial charge in [0, 0.05) is 5.56 Å². The van der Waals surface area contributed by atoms with Crippen LogP contribution in [0.5, 0.6) is 0 Å². The van der Waals surface area contributed by atoms with Crippen molar-refractivity contribution in [3.05, 3.63) is 81.9 Å². The van der Waals surface area contributed by atoms with Crippen molar-refractivity contribution >= 4 is 22.8 Å². The lowest BCUT2D eigenvalue weighted by atomic mass is 9.90. The second kappa shape index (κ2) is 9.65. The average molecular weight is 425 g/mol. The van der Waals surface area contributed by atoms with E-state index in [1.165, 1.54) is 44.5 Å². The van der Waals surface area contributed by atoms with E-state index in [2.05, 4.69) is 111 Å². The number of rotatable bonds is 5. The van der Waals surface area contributed by atoms with Gasteiger partial charge in [0.2, 0.25) is 0 Å². The van der Waals surface area contributed by atoms with Gasteiger partial charge in [0.15, 0.2) is 0 Å². The van der Waals surface area contributed by atoms with Crippen molar-refractivity contribution in [2.45, 2.75) is 68.2 Å². The maximum absolute atomic E-state index is 5.14. The first-order valence-electron chi connectivity index (χ1n) is 11.5. The first-order chi connectivity index (χ1) is 15.1. The molecule has 2 heteroatoms. The maximum atomic E-state index is 5.14. The summed E-state index contributed by atoms with van der Waals surface area (Å²) in [5.74, 6) is 0.445. The maximum Gasteiger partial charge on any atom is 0.0741 e. The summed E-state index contributed by atoms with van der Waals surface area (Å²) in [4.78, 5) is 10.1. The molecule has 3 aromatic rings.